The molecule has 2 aromatic rings. The van der Waals surface area contributed by atoms with Gasteiger partial charge in [-0.05, 0) is 18.2 Å². The molecule has 0 fully saturated rings. The third kappa shape index (κ3) is 2.66. The Morgan fingerprint density at radius 3 is 2.57 bits per heavy atom. The number of para-hydroxylation sites is 2. The summed E-state index contributed by atoms with van der Waals surface area (Å²) in [4.78, 5) is 15.0. The van der Waals surface area contributed by atoms with Gasteiger partial charge < -0.3 is 11.1 Å². The third-order valence-corrected chi connectivity index (χ3v) is 3.19. The van der Waals surface area contributed by atoms with E-state index in [0.29, 0.717) is 11.4 Å². The molecule has 0 radical (unpaired) electrons. The Kier molecular flexibility index (Phi) is 4.09. The molecule has 0 bridgehead atoms. The van der Waals surface area contributed by atoms with Crippen LogP contribution in [0.3, 0.4) is 0 Å². The van der Waals surface area contributed by atoms with Gasteiger partial charge >= 0.3 is 0 Å². The summed E-state index contributed by atoms with van der Waals surface area (Å²) in [6.45, 7) is 0. The van der Waals surface area contributed by atoms with Crippen LogP contribution in [0.15, 0.2) is 53.5 Å². The van der Waals surface area contributed by atoms with Crippen molar-refractivity contribution in [2.45, 2.75) is 6.17 Å². The van der Waals surface area contributed by atoms with E-state index in [1.54, 1.807) is 18.2 Å². The molecule has 0 saturated heterocycles. The minimum Gasteiger partial charge on any atom is -0.383 e. The van der Waals surface area contributed by atoms with Gasteiger partial charge in [-0.2, -0.15) is 0 Å². The maximum absolute atomic E-state index is 11.1. The van der Waals surface area contributed by atoms with Crippen molar-refractivity contribution in [3.05, 3.63) is 69.8 Å². The lowest BCUT2D eigenvalue weighted by Crippen LogP contribution is -2.25. The zero-order valence-corrected chi connectivity index (χ0v) is 11.7. The average molecular weight is 305 g/mol. The van der Waals surface area contributed by atoms with Crippen molar-refractivity contribution in [2.75, 3.05) is 5.32 Å². The first-order valence-corrected chi connectivity index (χ1v) is 6.09. The highest BCUT2D eigenvalue weighted by Crippen LogP contribution is 2.32. The molecule has 1 unspecified atom stereocenters. The van der Waals surface area contributed by atoms with Crippen LogP contribution in [-0.2, 0) is 0 Å². The molecule has 3 rings (SSSR count). The van der Waals surface area contributed by atoms with Gasteiger partial charge in [-0.25, -0.2) is 4.99 Å². The first-order valence-electron chi connectivity index (χ1n) is 6.09. The number of hydrogen-bond acceptors (Lipinski definition) is 5. The molecule has 3 N–H and O–H groups in total. The number of nitrogens with one attached hydrogen (secondary N) is 1. The number of amidine groups is 1. The SMILES string of the molecule is Cl.NC1=NC(c2ccccc2[N+](=O)[O-])Nc2ccccc21. The Morgan fingerprint density at radius 2 is 1.81 bits per heavy atom. The number of rotatable bonds is 2. The molecule has 108 valence electrons. The molecule has 21 heavy (non-hydrogen) atoms. The number of hydrogen-bond donors (Lipinski definition) is 2. The number of nitrogens with two attached hydrogens (primary N) is 1. The molecular weight excluding hydrogens is 292 g/mol. The molecule has 7 heteroatoms. The minimum atomic E-state index is -0.550. The van der Waals surface area contributed by atoms with Crippen LogP contribution in [0.2, 0.25) is 0 Å². The number of nitro groups is 1. The summed E-state index contributed by atoms with van der Waals surface area (Å²) in [7, 11) is 0. The van der Waals surface area contributed by atoms with Crippen LogP contribution < -0.4 is 11.1 Å². The molecule has 1 aliphatic rings. The van der Waals surface area contributed by atoms with Crippen molar-refractivity contribution < 1.29 is 4.92 Å². The highest BCUT2D eigenvalue weighted by molar-refractivity contribution is 6.03. The van der Waals surface area contributed by atoms with E-state index in [1.807, 2.05) is 24.3 Å². The summed E-state index contributed by atoms with van der Waals surface area (Å²) in [5.74, 6) is 0.377. The molecule has 0 aromatic heterocycles. The van der Waals surface area contributed by atoms with Gasteiger partial charge in [0.15, 0.2) is 6.17 Å². The Hall–Kier alpha value is -2.60. The number of anilines is 1. The fourth-order valence-electron chi connectivity index (χ4n) is 2.25. The van der Waals surface area contributed by atoms with E-state index in [-0.39, 0.29) is 18.1 Å². The van der Waals surface area contributed by atoms with E-state index in [9.17, 15) is 10.1 Å². The second-order valence-corrected chi connectivity index (χ2v) is 4.42. The summed E-state index contributed by atoms with van der Waals surface area (Å²) in [5.41, 5.74) is 8.09. The molecular formula is C14H13ClN4O2. The zero-order valence-electron chi connectivity index (χ0n) is 10.9. The summed E-state index contributed by atoms with van der Waals surface area (Å²) < 4.78 is 0. The Bertz CT molecular complexity index is 718. The number of aliphatic imine (C=N–C) groups is 1. The van der Waals surface area contributed by atoms with Crippen molar-refractivity contribution in [1.29, 1.82) is 0 Å². The normalized spacial score (nSPS) is 16.0. The molecule has 2 aromatic carbocycles. The largest absolute Gasteiger partial charge is 0.383 e. The summed E-state index contributed by atoms with van der Waals surface area (Å²) in [6.07, 6.45) is -0.550. The maximum atomic E-state index is 11.1. The van der Waals surface area contributed by atoms with Gasteiger partial charge in [-0.3, -0.25) is 10.1 Å². The van der Waals surface area contributed by atoms with Crippen LogP contribution in [0.5, 0.6) is 0 Å². The Morgan fingerprint density at radius 1 is 1.14 bits per heavy atom. The monoisotopic (exact) mass is 304 g/mol. The van der Waals surface area contributed by atoms with Gasteiger partial charge in [-0.15, -0.1) is 12.4 Å². The first kappa shape index (κ1) is 14.8. The highest BCUT2D eigenvalue weighted by atomic mass is 35.5. The van der Waals surface area contributed by atoms with Crippen molar-refractivity contribution >= 4 is 29.6 Å². The Labute approximate surface area is 127 Å². The van der Waals surface area contributed by atoms with Crippen LogP contribution in [0.4, 0.5) is 11.4 Å². The lowest BCUT2D eigenvalue weighted by atomic mass is 10.1. The van der Waals surface area contributed by atoms with Crippen molar-refractivity contribution in [1.82, 2.24) is 0 Å². The maximum Gasteiger partial charge on any atom is 0.276 e. The van der Waals surface area contributed by atoms with Crippen LogP contribution in [0.1, 0.15) is 17.3 Å². The van der Waals surface area contributed by atoms with Crippen molar-refractivity contribution in [3.8, 4) is 0 Å². The lowest BCUT2D eigenvalue weighted by molar-refractivity contribution is -0.385. The summed E-state index contributed by atoms with van der Waals surface area (Å²) >= 11 is 0. The number of halogens is 1. The van der Waals surface area contributed by atoms with E-state index < -0.39 is 11.1 Å². The topological polar surface area (TPSA) is 93.5 Å². The smallest absolute Gasteiger partial charge is 0.276 e. The van der Waals surface area contributed by atoms with Gasteiger partial charge in [0.1, 0.15) is 5.84 Å². The van der Waals surface area contributed by atoms with Gasteiger partial charge in [-0.1, -0.05) is 24.3 Å². The molecule has 1 heterocycles. The van der Waals surface area contributed by atoms with E-state index >= 15 is 0 Å². The summed E-state index contributed by atoms with van der Waals surface area (Å²) in [5, 5.41) is 14.3. The number of nitro benzene ring substituents is 1. The van der Waals surface area contributed by atoms with Gasteiger partial charge in [0.05, 0.1) is 10.5 Å². The predicted molar refractivity (Wildman–Crippen MR) is 83.9 cm³/mol. The lowest BCUT2D eigenvalue weighted by Gasteiger charge is -2.23. The molecule has 0 spiro atoms. The standard InChI is InChI=1S/C14H12N4O2.ClH/c15-13-9-5-1-3-7-11(9)16-14(17-13)10-6-2-4-8-12(10)18(19)20;/h1-8,14,16H,(H2,15,17);1H. The van der Waals surface area contributed by atoms with Gasteiger partial charge in [0, 0.05) is 17.3 Å². The van der Waals surface area contributed by atoms with Crippen LogP contribution >= 0.6 is 12.4 Å². The van der Waals surface area contributed by atoms with E-state index in [1.165, 1.54) is 6.07 Å². The number of nitrogens with zero attached hydrogens (tertiary/aromatic N) is 2. The van der Waals surface area contributed by atoms with Crippen LogP contribution in [0.25, 0.3) is 0 Å². The van der Waals surface area contributed by atoms with Crippen LogP contribution in [0, 0.1) is 10.1 Å². The zero-order chi connectivity index (χ0) is 14.1. The third-order valence-electron chi connectivity index (χ3n) is 3.19. The second-order valence-electron chi connectivity index (χ2n) is 4.42. The molecule has 1 aliphatic heterocycles. The molecule has 0 amide bonds. The number of benzene rings is 2. The molecule has 0 aliphatic carbocycles. The van der Waals surface area contributed by atoms with E-state index in [2.05, 4.69) is 10.3 Å². The quantitative estimate of drug-likeness (QED) is 0.659. The van der Waals surface area contributed by atoms with Crippen molar-refractivity contribution in [2.24, 2.45) is 10.7 Å². The van der Waals surface area contributed by atoms with Crippen LogP contribution in [-0.4, -0.2) is 10.8 Å². The first-order chi connectivity index (χ1) is 9.66. The molecule has 0 saturated carbocycles. The molecule has 6 nitrogen and oxygen atoms in total. The molecule has 1 atom stereocenters. The second kappa shape index (κ2) is 5.80. The van der Waals surface area contributed by atoms with E-state index in [4.69, 9.17) is 5.73 Å². The fourth-order valence-corrected chi connectivity index (χ4v) is 2.25. The highest BCUT2D eigenvalue weighted by Gasteiger charge is 2.25. The number of fused-ring (bicyclic) bond motifs is 1. The fraction of sp³-hybridized carbons (Fsp3) is 0.0714. The van der Waals surface area contributed by atoms with E-state index in [0.717, 1.165) is 11.3 Å². The summed E-state index contributed by atoms with van der Waals surface area (Å²) in [6, 6.07) is 14.0. The average Bonchev–Trinajstić information content (AvgIpc) is 2.47. The van der Waals surface area contributed by atoms with Crippen molar-refractivity contribution in [3.63, 3.8) is 0 Å². The predicted octanol–water partition coefficient (Wildman–Crippen LogP) is 2.85. The van der Waals surface area contributed by atoms with Gasteiger partial charge in [0.2, 0.25) is 0 Å². The minimum absolute atomic E-state index is 0. The van der Waals surface area contributed by atoms with Gasteiger partial charge in [0.25, 0.3) is 5.69 Å². The Balaban J connectivity index is 0.00000161.